The van der Waals surface area contributed by atoms with Gasteiger partial charge >= 0.3 is 5.97 Å². The number of rotatable bonds is 4. The first-order chi connectivity index (χ1) is 8.06. The number of nitrogens with one attached hydrogen (secondary N) is 1. The Hall–Kier alpha value is -0.840. The van der Waals surface area contributed by atoms with Gasteiger partial charge in [0.2, 0.25) is 0 Å². The van der Waals surface area contributed by atoms with Crippen LogP contribution in [0, 0.1) is 0 Å². The molecule has 0 saturated heterocycles. The molecular formula is C11H9Cl2NO2S. The highest BCUT2D eigenvalue weighted by Crippen LogP contribution is 2.28. The van der Waals surface area contributed by atoms with Gasteiger partial charge in [-0.1, -0.05) is 23.2 Å². The Morgan fingerprint density at radius 3 is 2.71 bits per heavy atom. The lowest BCUT2D eigenvalue weighted by Gasteiger charge is -1.95. The fourth-order valence-electron chi connectivity index (χ4n) is 1.51. The molecule has 0 unspecified atom stereocenters. The summed E-state index contributed by atoms with van der Waals surface area (Å²) in [6.45, 7) is 0. The predicted octanol–water partition coefficient (Wildman–Crippen LogP) is 3.79. The summed E-state index contributed by atoms with van der Waals surface area (Å²) in [4.78, 5) is 13.6. The smallest absolute Gasteiger partial charge is 0.313 e. The molecule has 0 bridgehead atoms. The number of hydrogen-bond acceptors (Lipinski definition) is 2. The topological polar surface area (TPSA) is 53.1 Å². The zero-order valence-electron chi connectivity index (χ0n) is 8.67. The molecule has 1 heterocycles. The molecule has 1 aromatic carbocycles. The van der Waals surface area contributed by atoms with Crippen molar-refractivity contribution in [2.45, 2.75) is 5.75 Å². The van der Waals surface area contributed by atoms with Gasteiger partial charge in [0.15, 0.2) is 0 Å². The van der Waals surface area contributed by atoms with Gasteiger partial charge < -0.3 is 10.1 Å². The maximum Gasteiger partial charge on any atom is 0.313 e. The minimum atomic E-state index is -0.808. The zero-order chi connectivity index (χ0) is 12.4. The highest BCUT2D eigenvalue weighted by Gasteiger charge is 2.06. The first-order valence-corrected chi connectivity index (χ1v) is 6.73. The van der Waals surface area contributed by atoms with E-state index in [1.54, 1.807) is 12.1 Å². The molecule has 0 saturated carbocycles. The first kappa shape index (κ1) is 12.6. The van der Waals surface area contributed by atoms with Crippen molar-refractivity contribution in [1.29, 1.82) is 0 Å². The van der Waals surface area contributed by atoms with Gasteiger partial charge in [-0.25, -0.2) is 0 Å². The van der Waals surface area contributed by atoms with E-state index >= 15 is 0 Å². The van der Waals surface area contributed by atoms with Crippen LogP contribution in [0.3, 0.4) is 0 Å². The molecule has 3 nitrogen and oxygen atoms in total. The van der Waals surface area contributed by atoms with Gasteiger partial charge in [-0.15, -0.1) is 11.8 Å². The zero-order valence-corrected chi connectivity index (χ0v) is 11.0. The molecule has 2 rings (SSSR count). The summed E-state index contributed by atoms with van der Waals surface area (Å²) in [5, 5.41) is 10.5. The fourth-order valence-corrected chi connectivity index (χ4v) is 2.50. The molecule has 0 radical (unpaired) electrons. The average Bonchev–Trinajstić information content (AvgIpc) is 2.60. The molecule has 0 aliphatic heterocycles. The molecular weight excluding hydrogens is 281 g/mol. The number of hydrogen-bond donors (Lipinski definition) is 2. The third-order valence-electron chi connectivity index (χ3n) is 2.20. The summed E-state index contributed by atoms with van der Waals surface area (Å²) >= 11 is 13.2. The normalized spacial score (nSPS) is 10.9. The summed E-state index contributed by atoms with van der Waals surface area (Å²) in [6, 6.07) is 5.51. The quantitative estimate of drug-likeness (QED) is 0.900. The summed E-state index contributed by atoms with van der Waals surface area (Å²) < 4.78 is 0. The third-order valence-corrected chi connectivity index (χ3v) is 3.89. The second-order valence-corrected chi connectivity index (χ2v) is 5.33. The SMILES string of the molecule is O=C(O)CSCc1cc2cc(Cl)c(Cl)cc2[nH]1. The van der Waals surface area contributed by atoms with Gasteiger partial charge in [0, 0.05) is 22.3 Å². The maximum atomic E-state index is 10.4. The van der Waals surface area contributed by atoms with E-state index in [0.717, 1.165) is 16.6 Å². The van der Waals surface area contributed by atoms with Crippen LogP contribution in [0.15, 0.2) is 18.2 Å². The van der Waals surface area contributed by atoms with Crippen LogP contribution in [0.4, 0.5) is 0 Å². The third kappa shape index (κ3) is 3.09. The number of carboxylic acids is 1. The molecule has 90 valence electrons. The molecule has 0 atom stereocenters. The molecule has 0 amide bonds. The van der Waals surface area contributed by atoms with Gasteiger partial charge in [0.05, 0.1) is 15.8 Å². The number of carbonyl (C=O) groups is 1. The van der Waals surface area contributed by atoms with Gasteiger partial charge in [-0.3, -0.25) is 4.79 Å². The number of aliphatic carboxylic acids is 1. The van der Waals surface area contributed by atoms with Gasteiger partial charge in [0.25, 0.3) is 0 Å². The van der Waals surface area contributed by atoms with E-state index in [-0.39, 0.29) is 5.75 Å². The van der Waals surface area contributed by atoms with Crippen molar-refractivity contribution in [1.82, 2.24) is 4.98 Å². The lowest BCUT2D eigenvalue weighted by Crippen LogP contribution is -1.98. The van der Waals surface area contributed by atoms with Crippen LogP contribution in [0.2, 0.25) is 10.0 Å². The predicted molar refractivity (Wildman–Crippen MR) is 72.1 cm³/mol. The Bertz CT molecular complexity index is 529. The van der Waals surface area contributed by atoms with Crippen molar-refractivity contribution in [3.63, 3.8) is 0 Å². The fraction of sp³-hybridized carbons (Fsp3) is 0.182. The van der Waals surface area contributed by atoms with Crippen LogP contribution >= 0.6 is 35.0 Å². The Morgan fingerprint density at radius 1 is 1.29 bits per heavy atom. The monoisotopic (exact) mass is 289 g/mol. The molecule has 17 heavy (non-hydrogen) atoms. The number of halogens is 2. The largest absolute Gasteiger partial charge is 0.481 e. The number of aromatic nitrogens is 1. The Kier molecular flexibility index (Phi) is 3.86. The van der Waals surface area contributed by atoms with Crippen LogP contribution in [0.25, 0.3) is 10.9 Å². The number of carboxylic acid groups (broad SMARTS) is 1. The van der Waals surface area contributed by atoms with Gasteiger partial charge in [0.1, 0.15) is 0 Å². The highest BCUT2D eigenvalue weighted by molar-refractivity contribution is 7.99. The van der Waals surface area contributed by atoms with Gasteiger partial charge in [-0.2, -0.15) is 0 Å². The number of benzene rings is 1. The lowest BCUT2D eigenvalue weighted by atomic mass is 10.2. The maximum absolute atomic E-state index is 10.4. The number of H-pyrrole nitrogens is 1. The summed E-state index contributed by atoms with van der Waals surface area (Å²) in [6.07, 6.45) is 0. The Labute approximate surface area is 112 Å². The van der Waals surface area contributed by atoms with Crippen LogP contribution < -0.4 is 0 Å². The molecule has 6 heteroatoms. The molecule has 0 aliphatic rings. The standard InChI is InChI=1S/C11H9Cl2NO2S/c12-8-2-6-1-7(4-17-5-11(15)16)14-10(6)3-9(8)13/h1-3,14H,4-5H2,(H,15,16). The van der Waals surface area contributed by atoms with Crippen molar-refractivity contribution in [3.8, 4) is 0 Å². The van der Waals surface area contributed by atoms with E-state index in [2.05, 4.69) is 4.98 Å². The Morgan fingerprint density at radius 2 is 2.00 bits per heavy atom. The molecule has 0 fully saturated rings. The van der Waals surface area contributed by atoms with E-state index in [1.165, 1.54) is 11.8 Å². The van der Waals surface area contributed by atoms with Crippen molar-refractivity contribution < 1.29 is 9.90 Å². The average molecular weight is 290 g/mol. The second-order valence-electron chi connectivity index (χ2n) is 3.53. The van der Waals surface area contributed by atoms with Gasteiger partial charge in [-0.05, 0) is 18.2 Å². The van der Waals surface area contributed by atoms with E-state index in [1.807, 2.05) is 6.07 Å². The number of fused-ring (bicyclic) bond motifs is 1. The molecule has 2 N–H and O–H groups in total. The highest BCUT2D eigenvalue weighted by atomic mass is 35.5. The number of aromatic amines is 1. The number of thioether (sulfide) groups is 1. The molecule has 2 aromatic rings. The molecule has 0 spiro atoms. The summed E-state index contributed by atoms with van der Waals surface area (Å²) in [5.41, 5.74) is 1.87. The first-order valence-electron chi connectivity index (χ1n) is 4.82. The summed E-state index contributed by atoms with van der Waals surface area (Å²) in [7, 11) is 0. The van der Waals surface area contributed by atoms with Crippen molar-refractivity contribution in [2.75, 3.05) is 5.75 Å². The lowest BCUT2D eigenvalue weighted by molar-refractivity contribution is -0.133. The van der Waals surface area contributed by atoms with Crippen LogP contribution in [0.5, 0.6) is 0 Å². The second kappa shape index (κ2) is 5.21. The van der Waals surface area contributed by atoms with E-state index in [9.17, 15) is 4.79 Å². The van der Waals surface area contributed by atoms with E-state index < -0.39 is 5.97 Å². The van der Waals surface area contributed by atoms with E-state index in [4.69, 9.17) is 28.3 Å². The van der Waals surface area contributed by atoms with Crippen LogP contribution in [0.1, 0.15) is 5.69 Å². The van der Waals surface area contributed by atoms with Crippen LogP contribution in [-0.2, 0) is 10.5 Å². The minimum absolute atomic E-state index is 0.0941. The van der Waals surface area contributed by atoms with Crippen molar-refractivity contribution in [2.24, 2.45) is 0 Å². The van der Waals surface area contributed by atoms with E-state index in [0.29, 0.717) is 15.8 Å². The summed E-state index contributed by atoms with van der Waals surface area (Å²) in [5.74, 6) is -0.0928. The molecule has 1 aromatic heterocycles. The van der Waals surface area contributed by atoms with Crippen molar-refractivity contribution in [3.05, 3.63) is 33.9 Å². The molecule has 0 aliphatic carbocycles. The minimum Gasteiger partial charge on any atom is -0.481 e. The van der Waals surface area contributed by atoms with Crippen molar-refractivity contribution >= 4 is 51.8 Å². The van der Waals surface area contributed by atoms with Crippen LogP contribution in [-0.4, -0.2) is 21.8 Å². The Balaban J connectivity index is 2.17.